The summed E-state index contributed by atoms with van der Waals surface area (Å²) >= 11 is 1.66. The predicted octanol–water partition coefficient (Wildman–Crippen LogP) is 3.23. The van der Waals surface area contributed by atoms with Crippen LogP contribution in [0.4, 0.5) is 0 Å². The Bertz CT molecular complexity index is 802. The summed E-state index contributed by atoms with van der Waals surface area (Å²) in [7, 11) is 0. The molecule has 1 aromatic heterocycles. The molecular weight excluding hydrogens is 332 g/mol. The van der Waals surface area contributed by atoms with E-state index in [0.29, 0.717) is 13.1 Å². The second-order valence-electron chi connectivity index (χ2n) is 7.26. The molecule has 2 aliphatic rings. The molecule has 1 aliphatic carbocycles. The third-order valence-corrected chi connectivity index (χ3v) is 6.34. The average Bonchev–Trinajstić information content (AvgIpc) is 2.95. The van der Waals surface area contributed by atoms with Gasteiger partial charge in [-0.3, -0.25) is 9.59 Å². The second-order valence-corrected chi connectivity index (χ2v) is 8.29. The van der Waals surface area contributed by atoms with E-state index in [1.165, 1.54) is 4.88 Å². The van der Waals surface area contributed by atoms with E-state index >= 15 is 0 Å². The molecule has 0 bridgehead atoms. The first-order chi connectivity index (χ1) is 12.1. The maximum absolute atomic E-state index is 12.7. The molecule has 2 aromatic rings. The van der Waals surface area contributed by atoms with Crippen molar-refractivity contribution in [3.63, 3.8) is 0 Å². The predicted molar refractivity (Wildman–Crippen MR) is 98.4 cm³/mol. The van der Waals surface area contributed by atoms with Crippen LogP contribution in [-0.2, 0) is 11.3 Å². The maximum atomic E-state index is 12.7. The van der Waals surface area contributed by atoms with Crippen LogP contribution in [0, 0.1) is 18.3 Å². The SMILES string of the molecule is Cc1cccc(C(=O)N2CCC3(CC3C(=O)NCc3cccs3)C2)c1. The van der Waals surface area contributed by atoms with E-state index in [9.17, 15) is 9.59 Å². The Morgan fingerprint density at radius 2 is 2.20 bits per heavy atom. The average molecular weight is 354 g/mol. The molecule has 5 heteroatoms. The smallest absolute Gasteiger partial charge is 0.253 e. The summed E-state index contributed by atoms with van der Waals surface area (Å²) in [6.45, 7) is 4.06. The van der Waals surface area contributed by atoms with E-state index in [-0.39, 0.29) is 23.1 Å². The first kappa shape index (κ1) is 16.3. The fourth-order valence-electron chi connectivity index (χ4n) is 3.91. The standard InChI is InChI=1S/C20H22N2O2S/c1-14-4-2-5-15(10-14)19(24)22-8-7-20(13-22)11-17(20)18(23)21-12-16-6-3-9-25-16/h2-6,9-10,17H,7-8,11-13H2,1H3,(H,21,23). The molecule has 1 N–H and O–H groups in total. The van der Waals surface area contributed by atoms with Crippen LogP contribution in [0.5, 0.6) is 0 Å². The molecular formula is C20H22N2O2S. The number of benzene rings is 1. The summed E-state index contributed by atoms with van der Waals surface area (Å²) in [5.41, 5.74) is 1.85. The van der Waals surface area contributed by atoms with Gasteiger partial charge >= 0.3 is 0 Å². The Balaban J connectivity index is 1.35. The zero-order chi connectivity index (χ0) is 17.4. The highest BCUT2D eigenvalue weighted by molar-refractivity contribution is 7.09. The molecule has 4 nitrogen and oxygen atoms in total. The number of likely N-dealkylation sites (tertiary alicyclic amines) is 1. The van der Waals surface area contributed by atoms with Gasteiger partial charge in [0.2, 0.25) is 5.91 Å². The highest BCUT2D eigenvalue weighted by Gasteiger charge is 2.61. The summed E-state index contributed by atoms with van der Waals surface area (Å²) in [5, 5.41) is 5.07. The lowest BCUT2D eigenvalue weighted by Gasteiger charge is -2.17. The van der Waals surface area contributed by atoms with Crippen LogP contribution in [0.2, 0.25) is 0 Å². The lowest BCUT2D eigenvalue weighted by molar-refractivity contribution is -0.123. The number of nitrogens with zero attached hydrogens (tertiary/aromatic N) is 1. The van der Waals surface area contributed by atoms with Crippen molar-refractivity contribution in [1.29, 1.82) is 0 Å². The van der Waals surface area contributed by atoms with E-state index in [1.807, 2.05) is 53.6 Å². The quantitative estimate of drug-likeness (QED) is 0.916. The third kappa shape index (κ3) is 3.21. The highest BCUT2D eigenvalue weighted by Crippen LogP contribution is 2.58. The molecule has 130 valence electrons. The van der Waals surface area contributed by atoms with Gasteiger partial charge < -0.3 is 10.2 Å². The minimum Gasteiger partial charge on any atom is -0.351 e. The van der Waals surface area contributed by atoms with Crippen LogP contribution in [0.25, 0.3) is 0 Å². The van der Waals surface area contributed by atoms with E-state index in [1.54, 1.807) is 11.3 Å². The molecule has 2 atom stereocenters. The van der Waals surface area contributed by atoms with Crippen molar-refractivity contribution in [3.8, 4) is 0 Å². The normalized spacial score (nSPS) is 24.5. The van der Waals surface area contributed by atoms with Crippen molar-refractivity contribution in [1.82, 2.24) is 10.2 Å². The molecule has 4 rings (SSSR count). The van der Waals surface area contributed by atoms with Gasteiger partial charge in [0.1, 0.15) is 0 Å². The Kier molecular flexibility index (Phi) is 4.12. The van der Waals surface area contributed by atoms with Crippen molar-refractivity contribution < 1.29 is 9.59 Å². The maximum Gasteiger partial charge on any atom is 0.253 e. The lowest BCUT2D eigenvalue weighted by Crippen LogP contribution is -2.31. The van der Waals surface area contributed by atoms with Crippen molar-refractivity contribution in [2.75, 3.05) is 13.1 Å². The van der Waals surface area contributed by atoms with Crippen LogP contribution in [0.1, 0.15) is 33.6 Å². The largest absolute Gasteiger partial charge is 0.351 e. The third-order valence-electron chi connectivity index (χ3n) is 5.46. The van der Waals surface area contributed by atoms with Gasteiger partial charge in [0.05, 0.1) is 6.54 Å². The summed E-state index contributed by atoms with van der Waals surface area (Å²) in [4.78, 5) is 28.2. The minimum absolute atomic E-state index is 0.0129. The Labute approximate surface area is 151 Å². The zero-order valence-electron chi connectivity index (χ0n) is 14.3. The van der Waals surface area contributed by atoms with Crippen molar-refractivity contribution >= 4 is 23.2 Å². The molecule has 1 aromatic carbocycles. The van der Waals surface area contributed by atoms with Gasteiger partial charge in [-0.2, -0.15) is 0 Å². The number of amides is 2. The molecule has 25 heavy (non-hydrogen) atoms. The van der Waals surface area contributed by atoms with Crippen molar-refractivity contribution in [2.24, 2.45) is 11.3 Å². The molecule has 0 radical (unpaired) electrons. The van der Waals surface area contributed by atoms with Gasteiger partial charge in [-0.1, -0.05) is 23.8 Å². The van der Waals surface area contributed by atoms with E-state index in [4.69, 9.17) is 0 Å². The van der Waals surface area contributed by atoms with Crippen LogP contribution >= 0.6 is 11.3 Å². The van der Waals surface area contributed by atoms with Gasteiger partial charge in [0.25, 0.3) is 5.91 Å². The Morgan fingerprint density at radius 1 is 1.32 bits per heavy atom. The molecule has 2 unspecified atom stereocenters. The number of hydrogen-bond donors (Lipinski definition) is 1. The van der Waals surface area contributed by atoms with Gasteiger partial charge in [-0.15, -0.1) is 11.3 Å². The summed E-state index contributed by atoms with van der Waals surface area (Å²) in [6.07, 6.45) is 1.84. The minimum atomic E-state index is 0.0129. The topological polar surface area (TPSA) is 49.4 Å². The van der Waals surface area contributed by atoms with Crippen LogP contribution in [0.15, 0.2) is 41.8 Å². The first-order valence-corrected chi connectivity index (χ1v) is 9.61. The Hall–Kier alpha value is -2.14. The summed E-state index contributed by atoms with van der Waals surface area (Å²) < 4.78 is 0. The van der Waals surface area contributed by atoms with Gasteiger partial charge in [0, 0.05) is 34.9 Å². The number of aryl methyl sites for hydroxylation is 1. The molecule has 2 amide bonds. The molecule has 1 saturated heterocycles. The van der Waals surface area contributed by atoms with E-state index < -0.39 is 0 Å². The molecule has 1 spiro atoms. The molecule has 2 fully saturated rings. The Morgan fingerprint density at radius 3 is 2.96 bits per heavy atom. The number of carbonyl (C=O) groups excluding carboxylic acids is 2. The van der Waals surface area contributed by atoms with Gasteiger partial charge in [-0.25, -0.2) is 0 Å². The van der Waals surface area contributed by atoms with Gasteiger partial charge in [-0.05, 0) is 43.3 Å². The zero-order valence-corrected chi connectivity index (χ0v) is 15.1. The lowest BCUT2D eigenvalue weighted by atomic mass is 10.0. The number of hydrogen-bond acceptors (Lipinski definition) is 3. The molecule has 1 saturated carbocycles. The number of carbonyl (C=O) groups is 2. The highest BCUT2D eigenvalue weighted by atomic mass is 32.1. The van der Waals surface area contributed by atoms with Crippen LogP contribution < -0.4 is 5.32 Å². The molecule has 1 aliphatic heterocycles. The van der Waals surface area contributed by atoms with Crippen LogP contribution in [0.3, 0.4) is 0 Å². The van der Waals surface area contributed by atoms with E-state index in [2.05, 4.69) is 5.32 Å². The van der Waals surface area contributed by atoms with Crippen LogP contribution in [-0.4, -0.2) is 29.8 Å². The second kappa shape index (κ2) is 6.30. The summed E-state index contributed by atoms with van der Waals surface area (Å²) in [6, 6.07) is 11.8. The monoisotopic (exact) mass is 354 g/mol. The fraction of sp³-hybridized carbons (Fsp3) is 0.400. The molecule has 2 heterocycles. The number of thiophene rings is 1. The number of rotatable bonds is 4. The summed E-state index contributed by atoms with van der Waals surface area (Å²) in [5.74, 6) is 0.284. The van der Waals surface area contributed by atoms with E-state index in [0.717, 1.165) is 30.5 Å². The van der Waals surface area contributed by atoms with Gasteiger partial charge in [0.15, 0.2) is 0 Å². The van der Waals surface area contributed by atoms with Crippen molar-refractivity contribution in [3.05, 3.63) is 57.8 Å². The van der Waals surface area contributed by atoms with Crippen molar-refractivity contribution in [2.45, 2.75) is 26.3 Å². The first-order valence-electron chi connectivity index (χ1n) is 8.73. The fourth-order valence-corrected chi connectivity index (χ4v) is 4.55. The number of nitrogens with one attached hydrogen (secondary N) is 1.